The van der Waals surface area contributed by atoms with Gasteiger partial charge in [0.05, 0.1) is 0 Å². The Balaban J connectivity index is 0.000000401. The van der Waals surface area contributed by atoms with E-state index in [1.165, 1.54) is 0 Å². The number of esters is 1. The van der Waals surface area contributed by atoms with Gasteiger partial charge in [-0.05, 0) is 27.7 Å². The third-order valence-electron chi connectivity index (χ3n) is 2.07. The fourth-order valence-corrected chi connectivity index (χ4v) is 1.34. The van der Waals surface area contributed by atoms with Crippen LogP contribution in [-0.2, 0) is 33.5 Å². The van der Waals surface area contributed by atoms with Gasteiger partial charge in [-0.15, -0.1) is 5.06 Å². The van der Waals surface area contributed by atoms with Crippen LogP contribution in [-0.4, -0.2) is 47.6 Å². The summed E-state index contributed by atoms with van der Waals surface area (Å²) in [6, 6.07) is 0. The first-order valence-corrected chi connectivity index (χ1v) is 6.90. The van der Waals surface area contributed by atoms with E-state index < -0.39 is 23.4 Å². The highest BCUT2D eigenvalue weighted by Crippen LogP contribution is 2.11. The molecule has 8 nitrogen and oxygen atoms in total. The topological polar surface area (TPSA) is 99.2 Å². The quantitative estimate of drug-likeness (QED) is 0.563. The van der Waals surface area contributed by atoms with E-state index >= 15 is 0 Å². The molecule has 8 heteroatoms. The van der Waals surface area contributed by atoms with Crippen molar-refractivity contribution in [3.05, 3.63) is 0 Å². The molecule has 0 aromatic rings. The molecule has 0 N–H and O–H groups in total. The van der Waals surface area contributed by atoms with Crippen LogP contribution in [0.15, 0.2) is 0 Å². The first kappa shape index (κ1) is 20.0. The Bertz CT molecular complexity index is 409. The Kier molecular flexibility index (Phi) is 8.32. The van der Waals surface area contributed by atoms with Gasteiger partial charge in [0.1, 0.15) is 12.2 Å². The van der Waals surface area contributed by atoms with Gasteiger partial charge in [0.2, 0.25) is 0 Å². The van der Waals surface area contributed by atoms with E-state index in [0.29, 0.717) is 11.7 Å². The third kappa shape index (κ3) is 9.06. The molecule has 1 aliphatic rings. The van der Waals surface area contributed by atoms with E-state index in [0.717, 1.165) is 6.92 Å². The predicted molar refractivity (Wildman–Crippen MR) is 75.2 cm³/mol. The van der Waals surface area contributed by atoms with Crippen molar-refractivity contribution in [1.82, 2.24) is 5.06 Å². The van der Waals surface area contributed by atoms with Crippen LogP contribution in [0.25, 0.3) is 0 Å². The molecule has 0 spiro atoms. The highest BCUT2D eigenvalue weighted by molar-refractivity contribution is 6.01. The van der Waals surface area contributed by atoms with Crippen molar-refractivity contribution >= 4 is 23.8 Å². The summed E-state index contributed by atoms with van der Waals surface area (Å²) in [6.07, 6.45) is 0.262. The molecule has 0 saturated carbocycles. The Morgan fingerprint density at radius 2 is 1.64 bits per heavy atom. The average Bonchev–Trinajstić information content (AvgIpc) is 2.66. The monoisotopic (exact) mass is 317 g/mol. The molecule has 1 saturated heterocycles. The smallest absolute Gasteiger partial charge is 0.332 e. The lowest BCUT2D eigenvalue weighted by molar-refractivity contribution is -0.195. The third-order valence-corrected chi connectivity index (χ3v) is 2.07. The van der Waals surface area contributed by atoms with Gasteiger partial charge < -0.3 is 14.3 Å². The van der Waals surface area contributed by atoms with Gasteiger partial charge in [0, 0.05) is 26.4 Å². The first-order valence-electron chi connectivity index (χ1n) is 6.90. The molecule has 2 amide bonds. The van der Waals surface area contributed by atoms with Crippen molar-refractivity contribution in [3.8, 4) is 0 Å². The lowest BCUT2D eigenvalue weighted by Gasteiger charge is -2.19. The molecule has 0 atom stereocenters. The zero-order valence-electron chi connectivity index (χ0n) is 13.6. The molecule has 0 unspecified atom stereocenters. The Hall–Kier alpha value is -1.96. The van der Waals surface area contributed by atoms with Crippen LogP contribution < -0.4 is 0 Å². The van der Waals surface area contributed by atoms with E-state index in [-0.39, 0.29) is 25.4 Å². The summed E-state index contributed by atoms with van der Waals surface area (Å²) in [5.74, 6) is -1.87. The summed E-state index contributed by atoms with van der Waals surface area (Å²) in [5.41, 5.74) is -0.409. The molecule has 0 aromatic heterocycles. The van der Waals surface area contributed by atoms with Crippen molar-refractivity contribution < 1.29 is 33.5 Å². The second-order valence-electron chi connectivity index (χ2n) is 5.39. The van der Waals surface area contributed by atoms with Gasteiger partial charge >= 0.3 is 11.9 Å². The summed E-state index contributed by atoms with van der Waals surface area (Å²) in [7, 11) is 0. The normalized spacial score (nSPS) is 14.3. The van der Waals surface area contributed by atoms with Crippen LogP contribution in [0.2, 0.25) is 0 Å². The molecule has 1 aliphatic heterocycles. The largest absolute Gasteiger partial charge is 0.458 e. The Morgan fingerprint density at radius 3 is 2.00 bits per heavy atom. The zero-order chi connectivity index (χ0) is 17.3. The van der Waals surface area contributed by atoms with Gasteiger partial charge in [-0.2, -0.15) is 0 Å². The van der Waals surface area contributed by atoms with Crippen molar-refractivity contribution in [2.24, 2.45) is 0 Å². The Labute approximate surface area is 129 Å². The lowest BCUT2D eigenvalue weighted by atomic mass is 10.2. The number of amides is 2. The molecule has 1 heterocycles. The van der Waals surface area contributed by atoms with Crippen LogP contribution in [0, 0.1) is 0 Å². The summed E-state index contributed by atoms with van der Waals surface area (Å²) in [6.45, 7) is 9.06. The molecule has 0 aliphatic carbocycles. The number of hydrogen-bond donors (Lipinski definition) is 0. The van der Waals surface area contributed by atoms with Crippen molar-refractivity contribution in [2.45, 2.75) is 53.1 Å². The highest BCUT2D eigenvalue weighted by atomic mass is 16.7. The van der Waals surface area contributed by atoms with Crippen molar-refractivity contribution in [1.29, 1.82) is 0 Å². The molecule has 0 radical (unpaired) electrons. The van der Waals surface area contributed by atoms with Gasteiger partial charge in [-0.3, -0.25) is 9.59 Å². The molecule has 126 valence electrons. The number of nitrogens with zero attached hydrogens (tertiary/aromatic N) is 1. The summed E-state index contributed by atoms with van der Waals surface area (Å²) < 4.78 is 9.84. The van der Waals surface area contributed by atoms with E-state index in [1.807, 2.05) is 27.7 Å². The maximum atomic E-state index is 10.9. The summed E-state index contributed by atoms with van der Waals surface area (Å²) in [5, 5.41) is 0.516. The van der Waals surface area contributed by atoms with Gasteiger partial charge in [0.15, 0.2) is 0 Å². The average molecular weight is 317 g/mol. The molecule has 0 aromatic carbocycles. The fraction of sp³-hybridized carbons (Fsp3) is 0.714. The van der Waals surface area contributed by atoms with Crippen molar-refractivity contribution in [2.75, 3.05) is 13.2 Å². The molecule has 0 bridgehead atoms. The minimum Gasteiger partial charge on any atom is -0.458 e. The van der Waals surface area contributed by atoms with Crippen LogP contribution in [0.3, 0.4) is 0 Å². The number of rotatable bonds is 4. The predicted octanol–water partition coefficient (Wildman–Crippen LogP) is 0.978. The number of ether oxygens (including phenoxy) is 2. The second kappa shape index (κ2) is 9.14. The van der Waals surface area contributed by atoms with Gasteiger partial charge in [-0.25, -0.2) is 9.59 Å². The van der Waals surface area contributed by atoms with E-state index in [4.69, 9.17) is 9.47 Å². The maximum Gasteiger partial charge on any atom is 0.332 e. The maximum absolute atomic E-state index is 10.9. The SMILES string of the molecule is CC(=O)ON1C(=O)CCC1=O.CCOCC(=O)OC(C)(C)C. The molecular weight excluding hydrogens is 294 g/mol. The molecular formula is C14H23NO7. The van der Waals surface area contributed by atoms with E-state index in [9.17, 15) is 19.2 Å². The number of carbonyl (C=O) groups excluding carboxylic acids is 4. The van der Waals surface area contributed by atoms with Crippen molar-refractivity contribution in [3.63, 3.8) is 0 Å². The van der Waals surface area contributed by atoms with Gasteiger partial charge in [-0.1, -0.05) is 0 Å². The second-order valence-corrected chi connectivity index (χ2v) is 5.39. The molecule has 1 fully saturated rings. The summed E-state index contributed by atoms with van der Waals surface area (Å²) >= 11 is 0. The van der Waals surface area contributed by atoms with Crippen LogP contribution in [0.4, 0.5) is 0 Å². The highest BCUT2D eigenvalue weighted by Gasteiger charge is 2.31. The minimum absolute atomic E-state index is 0.0494. The standard InChI is InChI=1S/C8H16O3.C6H7NO4/c1-5-10-6-7(9)11-8(2,3)4;1-4(8)11-7-5(9)2-3-6(7)10/h5-6H2,1-4H3;2-3H2,1H3. The van der Waals surface area contributed by atoms with Gasteiger partial charge in [0.25, 0.3) is 11.8 Å². The number of carbonyl (C=O) groups is 4. The molecule has 22 heavy (non-hydrogen) atoms. The minimum atomic E-state index is -0.659. The summed E-state index contributed by atoms with van der Waals surface area (Å²) in [4.78, 5) is 47.0. The molecule has 1 rings (SSSR count). The van der Waals surface area contributed by atoms with E-state index in [1.54, 1.807) is 0 Å². The van der Waals surface area contributed by atoms with Crippen LogP contribution in [0.5, 0.6) is 0 Å². The zero-order valence-corrected chi connectivity index (χ0v) is 13.6. The van der Waals surface area contributed by atoms with E-state index in [2.05, 4.69) is 4.84 Å². The lowest BCUT2D eigenvalue weighted by Crippen LogP contribution is -2.30. The van der Waals surface area contributed by atoms with Crippen LogP contribution in [0.1, 0.15) is 47.5 Å². The fourth-order valence-electron chi connectivity index (χ4n) is 1.34. The number of hydroxylamine groups is 2. The number of imide groups is 1. The first-order chi connectivity index (χ1) is 10.1. The number of hydrogen-bond acceptors (Lipinski definition) is 7. The Morgan fingerprint density at radius 1 is 1.14 bits per heavy atom. The van der Waals surface area contributed by atoms with Crippen LogP contribution >= 0.6 is 0 Å².